The highest BCUT2D eigenvalue weighted by Gasteiger charge is 2.36. The van der Waals surface area contributed by atoms with Crippen molar-refractivity contribution in [2.75, 3.05) is 18.5 Å². The Kier molecular flexibility index (Phi) is 5.99. The zero-order valence-electron chi connectivity index (χ0n) is 13.9. The first-order valence-corrected chi connectivity index (χ1v) is 8.15. The summed E-state index contributed by atoms with van der Waals surface area (Å²) in [4.78, 5) is 37.3. The molecule has 1 heterocycles. The van der Waals surface area contributed by atoms with Gasteiger partial charge < -0.3 is 15.0 Å². The molecule has 0 aromatic heterocycles. The Morgan fingerprint density at radius 2 is 2.20 bits per heavy atom. The maximum absolute atomic E-state index is 12.0. The summed E-state index contributed by atoms with van der Waals surface area (Å²) in [7, 11) is 0. The summed E-state index contributed by atoms with van der Waals surface area (Å²) in [5.41, 5.74) is 0.693. The number of nitrogens with zero attached hydrogens (tertiary/aromatic N) is 2. The van der Waals surface area contributed by atoms with E-state index in [1.54, 1.807) is 4.90 Å². The Balaban J connectivity index is 1.84. The molecule has 1 atom stereocenters. The average Bonchev–Trinajstić information content (AvgIpc) is 2.95. The summed E-state index contributed by atoms with van der Waals surface area (Å²) in [6.07, 6.45) is 0.101. The first-order chi connectivity index (χ1) is 11.8. The number of nitrogens with one attached hydrogen (secondary N) is 1. The number of ether oxygens (including phenoxy) is 1. The normalized spacial score (nSPS) is 16.7. The summed E-state index contributed by atoms with van der Waals surface area (Å²) >= 11 is 5.88. The van der Waals surface area contributed by atoms with Crippen LogP contribution in [0.15, 0.2) is 18.2 Å². The summed E-state index contributed by atoms with van der Waals surface area (Å²) < 4.78 is 5.00. The molecule has 132 valence electrons. The lowest BCUT2D eigenvalue weighted by Crippen LogP contribution is -2.33. The highest BCUT2D eigenvalue weighted by molar-refractivity contribution is 6.32. The number of esters is 1. The van der Waals surface area contributed by atoms with E-state index in [1.807, 2.05) is 19.9 Å². The number of rotatable bonds is 5. The lowest BCUT2D eigenvalue weighted by atomic mass is 10.1. The van der Waals surface area contributed by atoms with Gasteiger partial charge in [-0.05, 0) is 32.0 Å². The van der Waals surface area contributed by atoms with Crippen molar-refractivity contribution < 1.29 is 19.1 Å². The Bertz CT molecular complexity index is 742. The number of carbonyl (C=O) groups excluding carboxylic acids is 3. The second-order valence-electron chi connectivity index (χ2n) is 6.00. The summed E-state index contributed by atoms with van der Waals surface area (Å²) in [6.45, 7) is 3.61. The van der Waals surface area contributed by atoms with Crippen LogP contribution in [-0.2, 0) is 19.1 Å². The monoisotopic (exact) mass is 363 g/mol. The van der Waals surface area contributed by atoms with Gasteiger partial charge in [-0.1, -0.05) is 11.6 Å². The first kappa shape index (κ1) is 18.7. The van der Waals surface area contributed by atoms with E-state index in [9.17, 15) is 14.4 Å². The predicted octanol–water partition coefficient (Wildman–Crippen LogP) is 1.95. The Hall–Kier alpha value is -2.59. The summed E-state index contributed by atoms with van der Waals surface area (Å²) in [5.74, 6) is -1.73. The van der Waals surface area contributed by atoms with Crippen LogP contribution in [-0.4, -0.2) is 41.9 Å². The third-order valence-electron chi connectivity index (χ3n) is 3.83. The smallest absolute Gasteiger partial charge is 0.311 e. The molecular weight excluding hydrogens is 346 g/mol. The first-order valence-electron chi connectivity index (χ1n) is 7.77. The summed E-state index contributed by atoms with van der Waals surface area (Å²) in [6, 6.07) is 6.39. The largest absolute Gasteiger partial charge is 0.455 e. The van der Waals surface area contributed by atoms with E-state index in [2.05, 4.69) is 5.32 Å². The van der Waals surface area contributed by atoms with Gasteiger partial charge in [-0.25, -0.2) is 0 Å². The van der Waals surface area contributed by atoms with Crippen LogP contribution in [0, 0.1) is 17.2 Å². The molecule has 1 aliphatic heterocycles. The number of amides is 2. The molecule has 1 unspecified atom stereocenters. The number of likely N-dealkylation sites (tertiary alicyclic amines) is 1. The second kappa shape index (κ2) is 7.99. The maximum Gasteiger partial charge on any atom is 0.311 e. The van der Waals surface area contributed by atoms with Crippen molar-refractivity contribution in [2.24, 2.45) is 5.92 Å². The minimum Gasteiger partial charge on any atom is -0.455 e. The van der Waals surface area contributed by atoms with Crippen molar-refractivity contribution in [2.45, 2.75) is 26.3 Å². The van der Waals surface area contributed by atoms with E-state index in [0.29, 0.717) is 17.8 Å². The van der Waals surface area contributed by atoms with Crippen LogP contribution in [0.4, 0.5) is 5.69 Å². The molecule has 1 aromatic carbocycles. The van der Waals surface area contributed by atoms with Crippen LogP contribution in [0.2, 0.25) is 5.02 Å². The van der Waals surface area contributed by atoms with Crippen LogP contribution in [0.25, 0.3) is 0 Å². The maximum atomic E-state index is 12.0. The van der Waals surface area contributed by atoms with Gasteiger partial charge in [0.1, 0.15) is 6.07 Å². The molecule has 1 aromatic rings. The van der Waals surface area contributed by atoms with Crippen molar-refractivity contribution in [3.63, 3.8) is 0 Å². The van der Waals surface area contributed by atoms with Gasteiger partial charge in [-0.15, -0.1) is 0 Å². The lowest BCUT2D eigenvalue weighted by molar-refractivity contribution is -0.151. The molecule has 0 aliphatic carbocycles. The second-order valence-corrected chi connectivity index (χ2v) is 6.41. The van der Waals surface area contributed by atoms with E-state index in [-0.39, 0.29) is 23.4 Å². The van der Waals surface area contributed by atoms with Gasteiger partial charge in [0.15, 0.2) is 6.61 Å². The van der Waals surface area contributed by atoms with Crippen molar-refractivity contribution in [3.05, 3.63) is 28.8 Å². The Morgan fingerprint density at radius 3 is 2.76 bits per heavy atom. The third kappa shape index (κ3) is 4.70. The molecule has 2 rings (SSSR count). The fraction of sp³-hybridized carbons (Fsp3) is 0.412. The van der Waals surface area contributed by atoms with Crippen LogP contribution in [0.1, 0.15) is 25.8 Å². The number of carbonyl (C=O) groups is 3. The molecular formula is C17H18ClN3O4. The number of halogens is 1. The quantitative estimate of drug-likeness (QED) is 0.806. The number of hydrogen-bond acceptors (Lipinski definition) is 5. The molecule has 1 N–H and O–H groups in total. The highest BCUT2D eigenvalue weighted by atomic mass is 35.5. The number of nitriles is 1. The van der Waals surface area contributed by atoms with E-state index < -0.39 is 24.4 Å². The highest BCUT2D eigenvalue weighted by Crippen LogP contribution is 2.22. The van der Waals surface area contributed by atoms with Crippen molar-refractivity contribution in [1.29, 1.82) is 5.26 Å². The molecule has 2 amide bonds. The van der Waals surface area contributed by atoms with Crippen LogP contribution in [0.3, 0.4) is 0 Å². The van der Waals surface area contributed by atoms with E-state index in [4.69, 9.17) is 21.6 Å². The minimum atomic E-state index is -0.565. The summed E-state index contributed by atoms with van der Waals surface area (Å²) in [5, 5.41) is 11.6. The fourth-order valence-electron chi connectivity index (χ4n) is 2.52. The van der Waals surface area contributed by atoms with Gasteiger partial charge in [0.25, 0.3) is 5.91 Å². The molecule has 0 saturated carbocycles. The zero-order valence-corrected chi connectivity index (χ0v) is 14.7. The molecule has 1 aliphatic rings. The van der Waals surface area contributed by atoms with Gasteiger partial charge in [0.2, 0.25) is 5.91 Å². The van der Waals surface area contributed by atoms with Crippen LogP contribution >= 0.6 is 11.6 Å². The molecule has 0 spiro atoms. The molecule has 25 heavy (non-hydrogen) atoms. The topological polar surface area (TPSA) is 99.5 Å². The number of benzene rings is 1. The Labute approximate surface area is 150 Å². The standard InChI is InChI=1S/C17H18ClN3O4/c1-10(2)21-8-12(5-16(21)23)17(24)25-9-15(22)20-13-4-3-11(7-19)14(18)6-13/h3-4,6,10,12H,5,8-9H2,1-2H3,(H,20,22). The van der Waals surface area contributed by atoms with Gasteiger partial charge >= 0.3 is 5.97 Å². The van der Waals surface area contributed by atoms with Gasteiger partial charge in [0, 0.05) is 24.7 Å². The third-order valence-corrected chi connectivity index (χ3v) is 4.15. The van der Waals surface area contributed by atoms with E-state index in [0.717, 1.165) is 0 Å². The molecule has 7 nitrogen and oxygen atoms in total. The van der Waals surface area contributed by atoms with Crippen LogP contribution in [0.5, 0.6) is 0 Å². The number of hydrogen-bond donors (Lipinski definition) is 1. The molecule has 1 saturated heterocycles. The molecule has 8 heteroatoms. The molecule has 0 radical (unpaired) electrons. The van der Waals surface area contributed by atoms with Crippen molar-refractivity contribution in [3.8, 4) is 6.07 Å². The van der Waals surface area contributed by atoms with Crippen LogP contribution < -0.4 is 5.32 Å². The van der Waals surface area contributed by atoms with E-state index in [1.165, 1.54) is 18.2 Å². The van der Waals surface area contributed by atoms with Gasteiger partial charge in [-0.3, -0.25) is 14.4 Å². The molecule has 0 bridgehead atoms. The average molecular weight is 364 g/mol. The SMILES string of the molecule is CC(C)N1CC(C(=O)OCC(=O)Nc2ccc(C#N)c(Cl)c2)CC1=O. The van der Waals surface area contributed by atoms with Gasteiger partial charge in [0.05, 0.1) is 16.5 Å². The van der Waals surface area contributed by atoms with E-state index >= 15 is 0 Å². The Morgan fingerprint density at radius 1 is 1.48 bits per heavy atom. The van der Waals surface area contributed by atoms with Crippen molar-refractivity contribution in [1.82, 2.24) is 4.90 Å². The predicted molar refractivity (Wildman–Crippen MR) is 90.7 cm³/mol. The minimum absolute atomic E-state index is 0.0229. The van der Waals surface area contributed by atoms with Crippen molar-refractivity contribution >= 4 is 35.1 Å². The zero-order chi connectivity index (χ0) is 18.6. The van der Waals surface area contributed by atoms with Gasteiger partial charge in [-0.2, -0.15) is 5.26 Å². The number of anilines is 1. The fourth-order valence-corrected chi connectivity index (χ4v) is 2.75. The molecule has 1 fully saturated rings. The lowest BCUT2D eigenvalue weighted by Gasteiger charge is -2.20.